The topological polar surface area (TPSA) is 26.3 Å². The summed E-state index contributed by atoms with van der Waals surface area (Å²) in [7, 11) is 0. The first-order chi connectivity index (χ1) is 5.79. The van der Waals surface area contributed by atoms with Crippen LogP contribution < -0.4 is 0 Å². The van der Waals surface area contributed by atoms with Crippen molar-refractivity contribution in [3.8, 4) is 0 Å². The van der Waals surface area contributed by atoms with E-state index in [0.29, 0.717) is 6.61 Å². The first kappa shape index (κ1) is 7.35. The second kappa shape index (κ2) is 2.63. The van der Waals surface area contributed by atoms with Crippen LogP contribution in [0.15, 0.2) is 18.2 Å². The Labute approximate surface area is 71.2 Å². The maximum absolute atomic E-state index is 11.2. The Morgan fingerprint density at radius 3 is 3.00 bits per heavy atom. The number of benzene rings is 1. The molecule has 0 amide bonds. The van der Waals surface area contributed by atoms with Crippen molar-refractivity contribution in [2.75, 3.05) is 6.61 Å². The molecule has 2 rings (SSSR count). The number of fused-ring (bicyclic) bond motifs is 1. The SMILES string of the molecule is Cc1cccc2c1CCOC2=O. The third-order valence-electron chi connectivity index (χ3n) is 2.22. The summed E-state index contributed by atoms with van der Waals surface area (Å²) in [5.74, 6) is -0.181. The molecular weight excluding hydrogens is 152 g/mol. The highest BCUT2D eigenvalue weighted by Gasteiger charge is 2.18. The first-order valence-electron chi connectivity index (χ1n) is 4.04. The van der Waals surface area contributed by atoms with E-state index in [0.717, 1.165) is 17.5 Å². The van der Waals surface area contributed by atoms with Crippen LogP contribution in [0.5, 0.6) is 0 Å². The van der Waals surface area contributed by atoms with Crippen LogP contribution >= 0.6 is 0 Å². The van der Waals surface area contributed by atoms with Gasteiger partial charge in [-0.3, -0.25) is 0 Å². The fourth-order valence-electron chi connectivity index (χ4n) is 1.55. The number of cyclic esters (lactones) is 1. The van der Waals surface area contributed by atoms with Gasteiger partial charge < -0.3 is 4.74 Å². The van der Waals surface area contributed by atoms with Crippen LogP contribution in [0.2, 0.25) is 0 Å². The Balaban J connectivity index is 2.59. The van der Waals surface area contributed by atoms with Gasteiger partial charge in [0.2, 0.25) is 0 Å². The Kier molecular flexibility index (Phi) is 1.61. The summed E-state index contributed by atoms with van der Waals surface area (Å²) in [6.45, 7) is 2.55. The molecule has 0 fully saturated rings. The number of aryl methyl sites for hydroxylation is 1. The third-order valence-corrected chi connectivity index (χ3v) is 2.22. The van der Waals surface area contributed by atoms with E-state index in [1.54, 1.807) is 0 Å². The van der Waals surface area contributed by atoms with E-state index in [-0.39, 0.29) is 5.97 Å². The van der Waals surface area contributed by atoms with E-state index in [9.17, 15) is 4.79 Å². The molecule has 0 bridgehead atoms. The van der Waals surface area contributed by atoms with Crippen LogP contribution in [0.1, 0.15) is 21.5 Å². The van der Waals surface area contributed by atoms with Gasteiger partial charge in [-0.15, -0.1) is 0 Å². The van der Waals surface area contributed by atoms with Gasteiger partial charge in [0, 0.05) is 6.42 Å². The Morgan fingerprint density at radius 2 is 2.25 bits per heavy atom. The van der Waals surface area contributed by atoms with Crippen molar-refractivity contribution in [2.24, 2.45) is 0 Å². The molecule has 0 spiro atoms. The van der Waals surface area contributed by atoms with E-state index in [1.807, 2.05) is 25.1 Å². The van der Waals surface area contributed by atoms with Crippen molar-refractivity contribution in [1.82, 2.24) is 0 Å². The molecule has 0 saturated heterocycles. The van der Waals surface area contributed by atoms with Crippen molar-refractivity contribution in [3.05, 3.63) is 34.9 Å². The van der Waals surface area contributed by atoms with Crippen LogP contribution in [0, 0.1) is 6.92 Å². The maximum atomic E-state index is 11.2. The van der Waals surface area contributed by atoms with Gasteiger partial charge in [-0.05, 0) is 24.1 Å². The number of carbonyl (C=O) groups excluding carboxylic acids is 1. The van der Waals surface area contributed by atoms with Gasteiger partial charge in [0.05, 0.1) is 12.2 Å². The third kappa shape index (κ3) is 0.998. The van der Waals surface area contributed by atoms with E-state index in [2.05, 4.69) is 0 Å². The zero-order chi connectivity index (χ0) is 8.55. The van der Waals surface area contributed by atoms with E-state index < -0.39 is 0 Å². The fourth-order valence-corrected chi connectivity index (χ4v) is 1.55. The summed E-state index contributed by atoms with van der Waals surface area (Å²) in [5, 5.41) is 0. The highest BCUT2D eigenvalue weighted by atomic mass is 16.5. The van der Waals surface area contributed by atoms with Crippen molar-refractivity contribution in [1.29, 1.82) is 0 Å². The van der Waals surface area contributed by atoms with Gasteiger partial charge in [-0.2, -0.15) is 0 Å². The molecule has 2 heteroatoms. The largest absolute Gasteiger partial charge is 0.462 e. The summed E-state index contributed by atoms with van der Waals surface area (Å²) in [4.78, 5) is 11.2. The number of hydrogen-bond acceptors (Lipinski definition) is 2. The molecule has 1 aliphatic heterocycles. The fraction of sp³-hybridized carbons (Fsp3) is 0.300. The van der Waals surface area contributed by atoms with E-state index in [1.165, 1.54) is 5.56 Å². The van der Waals surface area contributed by atoms with Crippen LogP contribution in [-0.4, -0.2) is 12.6 Å². The summed E-state index contributed by atoms with van der Waals surface area (Å²) < 4.78 is 4.92. The molecule has 12 heavy (non-hydrogen) atoms. The molecule has 0 radical (unpaired) electrons. The van der Waals surface area contributed by atoms with Gasteiger partial charge in [-0.25, -0.2) is 4.79 Å². The van der Waals surface area contributed by atoms with Crippen LogP contribution in [0.4, 0.5) is 0 Å². The van der Waals surface area contributed by atoms with Crippen molar-refractivity contribution >= 4 is 5.97 Å². The van der Waals surface area contributed by atoms with Gasteiger partial charge in [0.1, 0.15) is 0 Å². The molecule has 1 heterocycles. The van der Waals surface area contributed by atoms with Crippen molar-refractivity contribution < 1.29 is 9.53 Å². The average Bonchev–Trinajstić information content (AvgIpc) is 2.07. The second-order valence-electron chi connectivity index (χ2n) is 2.99. The molecule has 1 aromatic rings. The highest BCUT2D eigenvalue weighted by Crippen LogP contribution is 2.19. The summed E-state index contributed by atoms with van der Waals surface area (Å²) >= 11 is 0. The lowest BCUT2D eigenvalue weighted by atomic mass is 9.98. The van der Waals surface area contributed by atoms with Gasteiger partial charge in [0.25, 0.3) is 0 Å². The first-order valence-corrected chi connectivity index (χ1v) is 4.04. The molecule has 62 valence electrons. The molecule has 0 aromatic heterocycles. The Hall–Kier alpha value is -1.31. The smallest absolute Gasteiger partial charge is 0.338 e. The number of ether oxygens (including phenoxy) is 1. The number of esters is 1. The van der Waals surface area contributed by atoms with Crippen LogP contribution in [0.3, 0.4) is 0 Å². The van der Waals surface area contributed by atoms with Crippen LogP contribution in [0.25, 0.3) is 0 Å². The number of carbonyl (C=O) groups is 1. The lowest BCUT2D eigenvalue weighted by Gasteiger charge is -2.16. The lowest BCUT2D eigenvalue weighted by Crippen LogP contribution is -2.18. The van der Waals surface area contributed by atoms with Gasteiger partial charge in [-0.1, -0.05) is 12.1 Å². The van der Waals surface area contributed by atoms with Gasteiger partial charge in [0.15, 0.2) is 0 Å². The monoisotopic (exact) mass is 162 g/mol. The van der Waals surface area contributed by atoms with Crippen molar-refractivity contribution in [2.45, 2.75) is 13.3 Å². The molecule has 1 aromatic carbocycles. The lowest BCUT2D eigenvalue weighted by molar-refractivity contribution is 0.0480. The molecule has 0 atom stereocenters. The molecule has 1 aliphatic rings. The predicted molar refractivity (Wildman–Crippen MR) is 45.2 cm³/mol. The molecular formula is C10H10O2. The van der Waals surface area contributed by atoms with Gasteiger partial charge >= 0.3 is 5.97 Å². The molecule has 0 saturated carbocycles. The summed E-state index contributed by atoms with van der Waals surface area (Å²) in [6.07, 6.45) is 0.855. The predicted octanol–water partition coefficient (Wildman–Crippen LogP) is 1.71. The quantitative estimate of drug-likeness (QED) is 0.543. The minimum atomic E-state index is -0.181. The molecule has 0 unspecified atom stereocenters. The average molecular weight is 162 g/mol. The highest BCUT2D eigenvalue weighted by molar-refractivity contribution is 5.92. The van der Waals surface area contributed by atoms with Crippen molar-refractivity contribution in [3.63, 3.8) is 0 Å². The molecule has 0 N–H and O–H groups in total. The number of hydrogen-bond donors (Lipinski definition) is 0. The maximum Gasteiger partial charge on any atom is 0.338 e. The number of rotatable bonds is 0. The summed E-state index contributed by atoms with van der Waals surface area (Å²) in [5.41, 5.74) is 3.07. The van der Waals surface area contributed by atoms with E-state index in [4.69, 9.17) is 4.74 Å². The van der Waals surface area contributed by atoms with E-state index >= 15 is 0 Å². The Morgan fingerprint density at radius 1 is 1.42 bits per heavy atom. The normalized spacial score (nSPS) is 15.2. The second-order valence-corrected chi connectivity index (χ2v) is 2.99. The zero-order valence-corrected chi connectivity index (χ0v) is 6.96. The summed E-state index contributed by atoms with van der Waals surface area (Å²) in [6, 6.07) is 5.74. The minimum Gasteiger partial charge on any atom is -0.462 e. The van der Waals surface area contributed by atoms with Crippen LogP contribution in [-0.2, 0) is 11.2 Å². The molecule has 0 aliphatic carbocycles. The molecule has 2 nitrogen and oxygen atoms in total. The minimum absolute atomic E-state index is 0.181. The zero-order valence-electron chi connectivity index (χ0n) is 6.96. The Bertz CT molecular complexity index is 329. The standard InChI is InChI=1S/C10H10O2/c1-7-3-2-4-9-8(7)5-6-12-10(9)11/h2-4H,5-6H2,1H3.